The molecule has 0 aliphatic rings. The van der Waals surface area contributed by atoms with Gasteiger partial charge in [0.25, 0.3) is 0 Å². The van der Waals surface area contributed by atoms with E-state index in [0.717, 1.165) is 5.69 Å². The van der Waals surface area contributed by atoms with Crippen LogP contribution in [0.3, 0.4) is 0 Å². The van der Waals surface area contributed by atoms with Gasteiger partial charge in [0.2, 0.25) is 0 Å². The van der Waals surface area contributed by atoms with Crippen LogP contribution in [0.1, 0.15) is 13.3 Å². The highest BCUT2D eigenvalue weighted by molar-refractivity contribution is 14.1. The van der Waals surface area contributed by atoms with E-state index in [0.29, 0.717) is 18.5 Å². The van der Waals surface area contributed by atoms with Crippen molar-refractivity contribution in [2.24, 2.45) is 0 Å². The Kier molecular flexibility index (Phi) is 6.04. The topological polar surface area (TPSA) is 38.3 Å². The number of esters is 1. The summed E-state index contributed by atoms with van der Waals surface area (Å²) < 4.78 is 5.87. The van der Waals surface area contributed by atoms with Gasteiger partial charge in [-0.2, -0.15) is 0 Å². The Labute approximate surface area is 115 Å². The quantitative estimate of drug-likeness (QED) is 0.506. The van der Waals surface area contributed by atoms with Crippen molar-refractivity contribution < 1.29 is 9.53 Å². The zero-order valence-electron chi connectivity index (χ0n) is 10.00. The van der Waals surface area contributed by atoms with Crippen LogP contribution in [-0.2, 0) is 9.53 Å². The van der Waals surface area contributed by atoms with Gasteiger partial charge >= 0.3 is 5.97 Å². The Morgan fingerprint density at radius 1 is 1.53 bits per heavy atom. The largest absolute Gasteiger partial charge is 0.466 e. The molecule has 0 aliphatic carbocycles. The fourth-order valence-electron chi connectivity index (χ4n) is 1.39. The first-order chi connectivity index (χ1) is 8.17. The molecule has 0 saturated carbocycles. The number of carbonyl (C=O) groups is 1. The molecule has 0 bridgehead atoms. The van der Waals surface area contributed by atoms with Crippen LogP contribution in [0.2, 0.25) is 0 Å². The van der Waals surface area contributed by atoms with E-state index in [2.05, 4.69) is 38.7 Å². The van der Waals surface area contributed by atoms with Gasteiger partial charge in [0.1, 0.15) is 0 Å². The van der Waals surface area contributed by atoms with Crippen molar-refractivity contribution in [2.75, 3.05) is 19.0 Å². The van der Waals surface area contributed by atoms with Gasteiger partial charge in [-0.05, 0) is 47.2 Å². The van der Waals surface area contributed by atoms with Gasteiger partial charge in [0, 0.05) is 21.4 Å². The third-order valence-corrected chi connectivity index (χ3v) is 2.98. The lowest BCUT2D eigenvalue weighted by Gasteiger charge is -2.05. The number of hydrogen-bond donors (Lipinski definition) is 1. The van der Waals surface area contributed by atoms with Crippen LogP contribution in [-0.4, -0.2) is 19.6 Å². The number of anilines is 1. The fraction of sp³-hybridized carbons (Fsp3) is 0.308. The summed E-state index contributed by atoms with van der Waals surface area (Å²) in [6.07, 6.45) is 2.55. The molecule has 0 heterocycles. The first-order valence-corrected chi connectivity index (χ1v) is 6.52. The molecule has 0 radical (unpaired) electrons. The lowest BCUT2D eigenvalue weighted by Crippen LogP contribution is -2.07. The van der Waals surface area contributed by atoms with Crippen LogP contribution in [0, 0.1) is 3.57 Å². The standard InChI is InChI=1S/C13H16INO2/c1-3-10(13(16)17-2)7-8-15-12-6-4-5-11(14)9-12/h4-7,9,15H,3,8H2,1-2H3/b10-7-. The minimum Gasteiger partial charge on any atom is -0.466 e. The van der Waals surface area contributed by atoms with Gasteiger partial charge in [-0.3, -0.25) is 0 Å². The summed E-state index contributed by atoms with van der Waals surface area (Å²) in [7, 11) is 1.40. The van der Waals surface area contributed by atoms with E-state index >= 15 is 0 Å². The first kappa shape index (κ1) is 14.0. The van der Waals surface area contributed by atoms with E-state index in [1.165, 1.54) is 10.7 Å². The maximum absolute atomic E-state index is 11.3. The van der Waals surface area contributed by atoms with Gasteiger partial charge in [-0.1, -0.05) is 19.1 Å². The maximum Gasteiger partial charge on any atom is 0.333 e. The molecule has 1 N–H and O–H groups in total. The van der Waals surface area contributed by atoms with Gasteiger partial charge in [-0.15, -0.1) is 0 Å². The van der Waals surface area contributed by atoms with E-state index in [1.807, 2.05) is 31.2 Å². The number of hydrogen-bond acceptors (Lipinski definition) is 3. The maximum atomic E-state index is 11.3. The molecule has 0 fully saturated rings. The highest BCUT2D eigenvalue weighted by Crippen LogP contribution is 2.12. The SMILES string of the molecule is CC/C(=C/CNc1cccc(I)c1)C(=O)OC. The summed E-state index contributed by atoms with van der Waals surface area (Å²) in [5.74, 6) is -0.253. The average molecular weight is 345 g/mol. The second-order valence-electron chi connectivity index (χ2n) is 3.47. The molecular formula is C13H16INO2. The minimum atomic E-state index is -0.253. The summed E-state index contributed by atoms with van der Waals surface area (Å²) in [5, 5.41) is 3.24. The normalized spacial score (nSPS) is 11.1. The zero-order valence-corrected chi connectivity index (χ0v) is 12.2. The van der Waals surface area contributed by atoms with Crippen molar-refractivity contribution in [3.63, 3.8) is 0 Å². The molecule has 0 aromatic heterocycles. The van der Waals surface area contributed by atoms with Crippen molar-refractivity contribution in [3.8, 4) is 0 Å². The number of halogens is 1. The van der Waals surface area contributed by atoms with Gasteiger partial charge in [0.15, 0.2) is 0 Å². The second-order valence-corrected chi connectivity index (χ2v) is 4.71. The number of rotatable bonds is 5. The minimum absolute atomic E-state index is 0.253. The molecule has 0 spiro atoms. The van der Waals surface area contributed by atoms with E-state index < -0.39 is 0 Å². The summed E-state index contributed by atoms with van der Waals surface area (Å²) >= 11 is 2.27. The van der Waals surface area contributed by atoms with Crippen LogP contribution >= 0.6 is 22.6 Å². The van der Waals surface area contributed by atoms with Crippen LogP contribution in [0.4, 0.5) is 5.69 Å². The molecule has 17 heavy (non-hydrogen) atoms. The molecular weight excluding hydrogens is 329 g/mol. The first-order valence-electron chi connectivity index (χ1n) is 5.44. The number of benzene rings is 1. The lowest BCUT2D eigenvalue weighted by molar-refractivity contribution is -0.136. The van der Waals surface area contributed by atoms with Crippen molar-refractivity contribution in [1.82, 2.24) is 0 Å². The predicted molar refractivity (Wildman–Crippen MR) is 78.0 cm³/mol. The molecule has 3 nitrogen and oxygen atoms in total. The zero-order chi connectivity index (χ0) is 12.7. The Morgan fingerprint density at radius 3 is 2.88 bits per heavy atom. The lowest BCUT2D eigenvalue weighted by atomic mass is 10.2. The monoisotopic (exact) mass is 345 g/mol. The Balaban J connectivity index is 2.56. The van der Waals surface area contributed by atoms with Gasteiger partial charge in [-0.25, -0.2) is 4.79 Å². The number of nitrogens with one attached hydrogen (secondary N) is 1. The van der Waals surface area contributed by atoms with Crippen molar-refractivity contribution in [1.29, 1.82) is 0 Å². The summed E-state index contributed by atoms with van der Waals surface area (Å²) in [5.41, 5.74) is 1.75. The van der Waals surface area contributed by atoms with E-state index in [4.69, 9.17) is 0 Å². The fourth-order valence-corrected chi connectivity index (χ4v) is 1.94. The molecule has 4 heteroatoms. The molecule has 1 aromatic rings. The third-order valence-electron chi connectivity index (χ3n) is 2.31. The molecule has 0 saturated heterocycles. The van der Waals surface area contributed by atoms with Crippen LogP contribution in [0.25, 0.3) is 0 Å². The predicted octanol–water partition coefficient (Wildman–Crippen LogP) is 3.21. The van der Waals surface area contributed by atoms with E-state index in [-0.39, 0.29) is 5.97 Å². The van der Waals surface area contributed by atoms with E-state index in [9.17, 15) is 4.79 Å². The van der Waals surface area contributed by atoms with Crippen molar-refractivity contribution >= 4 is 34.2 Å². The van der Waals surface area contributed by atoms with Crippen molar-refractivity contribution in [2.45, 2.75) is 13.3 Å². The molecule has 0 aliphatic heterocycles. The highest BCUT2D eigenvalue weighted by Gasteiger charge is 2.05. The average Bonchev–Trinajstić information content (AvgIpc) is 2.34. The Hall–Kier alpha value is -1.04. The summed E-state index contributed by atoms with van der Waals surface area (Å²) in [4.78, 5) is 11.3. The summed E-state index contributed by atoms with van der Waals surface area (Å²) in [6, 6.07) is 8.08. The number of methoxy groups -OCH3 is 1. The van der Waals surface area contributed by atoms with Crippen molar-refractivity contribution in [3.05, 3.63) is 39.5 Å². The Bertz CT molecular complexity index is 416. The molecule has 0 atom stereocenters. The number of carbonyl (C=O) groups excluding carboxylic acids is 1. The molecule has 0 amide bonds. The molecule has 92 valence electrons. The summed E-state index contributed by atoms with van der Waals surface area (Å²) in [6.45, 7) is 2.56. The smallest absolute Gasteiger partial charge is 0.333 e. The van der Waals surface area contributed by atoms with Crippen LogP contribution in [0.15, 0.2) is 35.9 Å². The Morgan fingerprint density at radius 2 is 2.29 bits per heavy atom. The number of ether oxygens (including phenoxy) is 1. The van der Waals surface area contributed by atoms with Crippen LogP contribution in [0.5, 0.6) is 0 Å². The molecule has 1 rings (SSSR count). The van der Waals surface area contributed by atoms with Gasteiger partial charge in [0.05, 0.1) is 7.11 Å². The molecule has 1 aromatic carbocycles. The molecule has 0 unspecified atom stereocenters. The van der Waals surface area contributed by atoms with Crippen LogP contribution < -0.4 is 5.32 Å². The van der Waals surface area contributed by atoms with Gasteiger partial charge < -0.3 is 10.1 Å². The highest BCUT2D eigenvalue weighted by atomic mass is 127. The second kappa shape index (κ2) is 7.32. The van der Waals surface area contributed by atoms with E-state index in [1.54, 1.807) is 0 Å². The third kappa shape index (κ3) is 4.77.